The summed E-state index contributed by atoms with van der Waals surface area (Å²) in [6.07, 6.45) is 8.80. The first-order valence-corrected chi connectivity index (χ1v) is 14.2. The molecule has 1 aliphatic rings. The lowest BCUT2D eigenvalue weighted by molar-refractivity contribution is 0.223. The monoisotopic (exact) mass is 520 g/mol. The van der Waals surface area contributed by atoms with Gasteiger partial charge >= 0.3 is 5.63 Å². The summed E-state index contributed by atoms with van der Waals surface area (Å²) in [6.45, 7) is 5.46. The van der Waals surface area contributed by atoms with Crippen LogP contribution in [0, 0.1) is 0 Å². The van der Waals surface area contributed by atoms with Crippen LogP contribution >= 0.6 is 0 Å². The minimum atomic E-state index is -0.321. The molecule has 1 atom stereocenters. The van der Waals surface area contributed by atoms with Gasteiger partial charge in [-0.15, -0.1) is 0 Å². The third-order valence-corrected chi connectivity index (χ3v) is 7.89. The van der Waals surface area contributed by atoms with Crippen LogP contribution < -0.4 is 20.0 Å². The van der Waals surface area contributed by atoms with Gasteiger partial charge in [0.25, 0.3) is 0 Å². The van der Waals surface area contributed by atoms with E-state index >= 15 is 0 Å². The van der Waals surface area contributed by atoms with Gasteiger partial charge in [0.2, 0.25) is 0 Å². The lowest BCUT2D eigenvalue weighted by Gasteiger charge is -2.29. The molecule has 2 aromatic carbocycles. The van der Waals surface area contributed by atoms with Gasteiger partial charge < -0.3 is 23.7 Å². The minimum Gasteiger partial charge on any atom is -0.496 e. The highest BCUT2D eigenvalue weighted by atomic mass is 16.5. The van der Waals surface area contributed by atoms with Crippen molar-refractivity contribution >= 4 is 16.7 Å². The van der Waals surface area contributed by atoms with Crippen molar-refractivity contribution in [3.8, 4) is 11.5 Å². The zero-order valence-electron chi connectivity index (χ0n) is 23.8. The maximum atomic E-state index is 12.9. The molecule has 4 rings (SSSR count). The molecule has 0 amide bonds. The molecule has 0 N–H and O–H groups in total. The Morgan fingerprint density at radius 2 is 1.68 bits per heavy atom. The summed E-state index contributed by atoms with van der Waals surface area (Å²) in [5, 5.41) is 0.895. The fourth-order valence-electron chi connectivity index (χ4n) is 5.78. The lowest BCUT2D eigenvalue weighted by atomic mass is 9.85. The van der Waals surface area contributed by atoms with Crippen LogP contribution in [0.15, 0.2) is 45.6 Å². The smallest absolute Gasteiger partial charge is 0.336 e. The van der Waals surface area contributed by atoms with Gasteiger partial charge in [0.1, 0.15) is 17.1 Å². The molecular weight excluding hydrogens is 476 g/mol. The van der Waals surface area contributed by atoms with Gasteiger partial charge in [0, 0.05) is 43.4 Å². The second kappa shape index (κ2) is 13.2. The van der Waals surface area contributed by atoms with Crippen molar-refractivity contribution in [3.05, 3.63) is 63.5 Å². The number of nitrogens with zero attached hydrogens (tertiary/aromatic N) is 2. The van der Waals surface area contributed by atoms with Gasteiger partial charge in [0.05, 0.1) is 19.6 Å². The van der Waals surface area contributed by atoms with Crippen molar-refractivity contribution in [1.82, 2.24) is 4.90 Å². The number of aryl methyl sites for hydroxylation is 1. The van der Waals surface area contributed by atoms with Crippen LogP contribution in [-0.4, -0.2) is 52.8 Å². The Kier molecular flexibility index (Phi) is 9.73. The number of likely N-dealkylation sites (tertiary alicyclic amines) is 1. The zero-order chi connectivity index (χ0) is 27.1. The number of benzene rings is 2. The molecule has 1 aromatic heterocycles. The number of piperidine rings is 1. The highest BCUT2D eigenvalue weighted by Crippen LogP contribution is 2.44. The van der Waals surface area contributed by atoms with Gasteiger partial charge in [-0.1, -0.05) is 38.3 Å². The molecular formula is C32H44N2O4. The van der Waals surface area contributed by atoms with Crippen LogP contribution in [0.3, 0.4) is 0 Å². The number of fused-ring (bicyclic) bond motifs is 1. The third-order valence-electron chi connectivity index (χ3n) is 7.89. The molecule has 0 unspecified atom stereocenters. The second-order valence-electron chi connectivity index (χ2n) is 10.7. The topological polar surface area (TPSA) is 55.2 Å². The van der Waals surface area contributed by atoms with E-state index in [-0.39, 0.29) is 11.5 Å². The quantitative estimate of drug-likeness (QED) is 0.198. The molecule has 1 aliphatic heterocycles. The normalized spacial score (nSPS) is 15.0. The predicted octanol–water partition coefficient (Wildman–Crippen LogP) is 6.62. The SMILES string of the molecule is CCCCCc1cc(=O)oc2c([C@H](CCN3CCCCC3)c3ccc(N(C)C)cc3)c(OC)cc(OC)c12. The number of rotatable bonds is 12. The molecule has 6 heteroatoms. The standard InChI is InChI=1S/C32H44N2O4/c1-6-7-9-12-24-21-29(35)38-32-30(24)27(36-4)22-28(37-5)31(32)26(17-20-34-18-10-8-11-19-34)23-13-15-25(16-14-23)33(2)3/h13-16,21-22,26H,6-12,17-20H2,1-5H3/t26-/m1/s1. The number of unbranched alkanes of at least 4 members (excludes halogenated alkanes) is 2. The van der Waals surface area contributed by atoms with E-state index in [0.717, 1.165) is 73.9 Å². The van der Waals surface area contributed by atoms with E-state index in [1.807, 2.05) is 6.07 Å². The number of hydrogen-bond acceptors (Lipinski definition) is 6. The van der Waals surface area contributed by atoms with Crippen LogP contribution in [0.1, 0.15) is 74.5 Å². The van der Waals surface area contributed by atoms with Gasteiger partial charge in [-0.3, -0.25) is 0 Å². The number of methoxy groups -OCH3 is 2. The van der Waals surface area contributed by atoms with Crippen molar-refractivity contribution in [1.29, 1.82) is 0 Å². The van der Waals surface area contributed by atoms with E-state index in [2.05, 4.69) is 55.1 Å². The Labute approximate surface area is 227 Å². The van der Waals surface area contributed by atoms with Crippen LogP contribution in [0.4, 0.5) is 5.69 Å². The summed E-state index contributed by atoms with van der Waals surface area (Å²) < 4.78 is 17.8. The van der Waals surface area contributed by atoms with Gasteiger partial charge in [-0.2, -0.15) is 0 Å². The molecule has 6 nitrogen and oxygen atoms in total. The molecule has 38 heavy (non-hydrogen) atoms. The summed E-state index contributed by atoms with van der Waals surface area (Å²) in [6, 6.07) is 12.3. The highest BCUT2D eigenvalue weighted by Gasteiger charge is 2.28. The maximum absolute atomic E-state index is 12.9. The van der Waals surface area contributed by atoms with Crippen molar-refractivity contribution in [2.24, 2.45) is 0 Å². The van der Waals surface area contributed by atoms with Gasteiger partial charge in [-0.05, 0) is 75.0 Å². The van der Waals surface area contributed by atoms with Crippen LogP contribution in [0.25, 0.3) is 11.0 Å². The molecule has 0 aliphatic carbocycles. The first kappa shape index (κ1) is 28.0. The first-order valence-electron chi connectivity index (χ1n) is 14.2. The summed E-state index contributed by atoms with van der Waals surface area (Å²) >= 11 is 0. The van der Waals surface area contributed by atoms with Crippen LogP contribution in [-0.2, 0) is 6.42 Å². The summed E-state index contributed by atoms with van der Waals surface area (Å²) in [4.78, 5) is 17.6. The fraction of sp³-hybridized carbons (Fsp3) is 0.531. The Morgan fingerprint density at radius 3 is 2.32 bits per heavy atom. The summed E-state index contributed by atoms with van der Waals surface area (Å²) in [7, 11) is 7.46. The molecule has 3 aromatic rings. The Hall–Kier alpha value is -2.99. The van der Waals surface area contributed by atoms with E-state index in [9.17, 15) is 4.79 Å². The summed E-state index contributed by atoms with van der Waals surface area (Å²) in [5.41, 5.74) is 4.55. The number of anilines is 1. The Morgan fingerprint density at radius 1 is 0.974 bits per heavy atom. The Balaban J connectivity index is 1.89. The zero-order valence-corrected chi connectivity index (χ0v) is 23.8. The summed E-state index contributed by atoms with van der Waals surface area (Å²) in [5.74, 6) is 1.39. The van der Waals surface area contributed by atoms with Crippen LogP contribution in [0.2, 0.25) is 0 Å². The predicted molar refractivity (Wildman–Crippen MR) is 156 cm³/mol. The molecule has 2 heterocycles. The maximum Gasteiger partial charge on any atom is 0.336 e. The molecule has 0 bridgehead atoms. The fourth-order valence-corrected chi connectivity index (χ4v) is 5.78. The molecule has 0 saturated carbocycles. The third kappa shape index (κ3) is 6.35. The molecule has 1 saturated heterocycles. The first-order chi connectivity index (χ1) is 18.5. The van der Waals surface area contributed by atoms with Crippen molar-refractivity contribution in [2.45, 2.75) is 64.2 Å². The number of ether oxygens (including phenoxy) is 2. The van der Waals surface area contributed by atoms with Gasteiger partial charge in [0.15, 0.2) is 0 Å². The van der Waals surface area contributed by atoms with E-state index < -0.39 is 0 Å². The average Bonchev–Trinajstić information content (AvgIpc) is 2.93. The van der Waals surface area contributed by atoms with Crippen molar-refractivity contribution < 1.29 is 13.9 Å². The van der Waals surface area contributed by atoms with Crippen LogP contribution in [0.5, 0.6) is 11.5 Å². The average molecular weight is 521 g/mol. The van der Waals surface area contributed by atoms with E-state index in [1.165, 1.54) is 24.8 Å². The number of hydrogen-bond donors (Lipinski definition) is 0. The minimum absolute atomic E-state index is 0.00513. The molecule has 0 radical (unpaired) electrons. The largest absolute Gasteiger partial charge is 0.496 e. The lowest BCUT2D eigenvalue weighted by Crippen LogP contribution is -2.31. The Bertz CT molecular complexity index is 1240. The highest BCUT2D eigenvalue weighted by molar-refractivity contribution is 5.92. The molecule has 206 valence electrons. The van der Waals surface area contributed by atoms with E-state index in [4.69, 9.17) is 13.9 Å². The van der Waals surface area contributed by atoms with Crippen molar-refractivity contribution in [3.63, 3.8) is 0 Å². The van der Waals surface area contributed by atoms with Gasteiger partial charge in [-0.25, -0.2) is 4.79 Å². The van der Waals surface area contributed by atoms with E-state index in [0.29, 0.717) is 17.1 Å². The molecule has 0 spiro atoms. The second-order valence-corrected chi connectivity index (χ2v) is 10.7. The van der Waals surface area contributed by atoms with Crippen molar-refractivity contribution in [2.75, 3.05) is 52.8 Å². The molecule has 1 fully saturated rings. The van der Waals surface area contributed by atoms with E-state index in [1.54, 1.807) is 20.3 Å².